The second kappa shape index (κ2) is 17.7. The summed E-state index contributed by atoms with van der Waals surface area (Å²) < 4.78 is 91.5. The molecule has 0 amide bonds. The van der Waals surface area contributed by atoms with Gasteiger partial charge in [-0.15, -0.1) is 0 Å². The van der Waals surface area contributed by atoms with Crippen molar-refractivity contribution < 1.29 is 44.8 Å². The van der Waals surface area contributed by atoms with Crippen LogP contribution in [0.4, 0.5) is 0 Å². The summed E-state index contributed by atoms with van der Waals surface area (Å²) >= 11 is 3.35. The van der Waals surface area contributed by atoms with Gasteiger partial charge in [-0.05, 0) is 151 Å². The van der Waals surface area contributed by atoms with Gasteiger partial charge in [-0.2, -0.15) is 0 Å². The van der Waals surface area contributed by atoms with E-state index in [2.05, 4.69) is 35.9 Å². The smallest absolute Gasteiger partial charge is 0.405 e. The summed E-state index contributed by atoms with van der Waals surface area (Å²) in [5, 5.41) is 1.25. The zero-order valence-corrected chi connectivity index (χ0v) is 44.8. The monoisotopic (exact) mass is 1030 g/mol. The van der Waals surface area contributed by atoms with Crippen molar-refractivity contribution >= 4 is 84.6 Å². The Kier molecular flexibility index (Phi) is 13.5. The molecule has 2 aromatic carbocycles. The standard InChI is InChI=1S/C20H24BN3O4S.C14H12BrN3O2S.C12H24B2O4/c1-13-7-9-15(10-8-13)29(25,26)24-12-17(16-11-22-14(2)23-18(16)24)21-27-19(3,4)20(5,6)28-21;1-9-3-5-11(6-4-9)21(19,20)18-8-13(15)12-7-16-10(2)17-14(12)18;1-9(2)10(3,4)16-13(15-9)14-17-11(5,6)12(7,8)18-14/h7-12H,1-6H3;3-8H,1-2H3;1-8H3. The number of hydrogen-bond acceptors (Lipinski definition) is 14. The molecular weight excluding hydrogens is 973 g/mol. The van der Waals surface area contributed by atoms with Gasteiger partial charge in [0.15, 0.2) is 11.3 Å². The molecule has 0 bridgehead atoms. The number of nitrogens with zero attached hydrogens (tertiary/aromatic N) is 6. The van der Waals surface area contributed by atoms with Crippen molar-refractivity contribution in [2.45, 2.75) is 154 Å². The van der Waals surface area contributed by atoms with Crippen LogP contribution in [-0.2, 0) is 48.0 Å². The van der Waals surface area contributed by atoms with Gasteiger partial charge >= 0.3 is 21.1 Å². The van der Waals surface area contributed by atoms with Crippen LogP contribution in [0.3, 0.4) is 0 Å². The quantitative estimate of drug-likeness (QED) is 0.147. The van der Waals surface area contributed by atoms with Gasteiger partial charge in [-0.3, -0.25) is 0 Å². The Bertz CT molecular complexity index is 3020. The number of halogens is 1. The fourth-order valence-electron chi connectivity index (χ4n) is 7.29. The van der Waals surface area contributed by atoms with Crippen LogP contribution < -0.4 is 5.46 Å². The van der Waals surface area contributed by atoms with E-state index in [9.17, 15) is 16.8 Å². The first-order chi connectivity index (χ1) is 31.2. The van der Waals surface area contributed by atoms with E-state index in [0.29, 0.717) is 43.7 Å². The number of benzene rings is 2. The molecule has 22 heteroatoms. The minimum absolute atomic E-state index is 0.191. The van der Waals surface area contributed by atoms with Crippen LogP contribution in [0.5, 0.6) is 0 Å². The lowest BCUT2D eigenvalue weighted by atomic mass is 9.49. The van der Waals surface area contributed by atoms with Crippen LogP contribution in [0.2, 0.25) is 0 Å². The molecule has 0 spiro atoms. The zero-order valence-electron chi connectivity index (χ0n) is 41.6. The number of aromatic nitrogens is 6. The first-order valence-electron chi connectivity index (χ1n) is 22.3. The van der Waals surface area contributed by atoms with Gasteiger partial charge in [0, 0.05) is 40.1 Å². The van der Waals surface area contributed by atoms with Crippen LogP contribution in [0.15, 0.2) is 87.6 Å². The Labute approximate surface area is 409 Å². The van der Waals surface area contributed by atoms with E-state index in [1.54, 1.807) is 74.8 Å². The fourth-order valence-corrected chi connectivity index (χ4v) is 10.6. The summed E-state index contributed by atoms with van der Waals surface area (Å²) in [5.74, 6) is 1.00. The highest BCUT2D eigenvalue weighted by atomic mass is 79.9. The lowest BCUT2D eigenvalue weighted by molar-refractivity contribution is 0.00578. The predicted octanol–water partition coefficient (Wildman–Crippen LogP) is 7.88. The third-order valence-corrected chi connectivity index (χ3v) is 17.6. The van der Waals surface area contributed by atoms with Gasteiger partial charge in [0.05, 0.1) is 48.8 Å². The van der Waals surface area contributed by atoms with E-state index in [4.69, 9.17) is 27.9 Å². The van der Waals surface area contributed by atoms with E-state index in [0.717, 1.165) is 11.1 Å². The molecule has 3 aliphatic heterocycles. The molecule has 16 nitrogen and oxygen atoms in total. The Morgan fingerprint density at radius 1 is 0.485 bits per heavy atom. The second-order valence-corrected chi connectivity index (χ2v) is 24.9. The summed E-state index contributed by atoms with van der Waals surface area (Å²) in [6, 6.07) is 13.5. The van der Waals surface area contributed by atoms with Crippen LogP contribution in [0.1, 0.15) is 106 Å². The van der Waals surface area contributed by atoms with E-state index < -0.39 is 52.4 Å². The van der Waals surface area contributed by atoms with Gasteiger partial charge in [-0.25, -0.2) is 44.7 Å². The van der Waals surface area contributed by atoms with E-state index >= 15 is 0 Å². The summed E-state index contributed by atoms with van der Waals surface area (Å²) in [5.41, 5.74) is 0.724. The largest absolute Gasteiger partial charge is 0.497 e. The highest BCUT2D eigenvalue weighted by molar-refractivity contribution is 9.10. The molecule has 68 heavy (non-hydrogen) atoms. The molecule has 4 aromatic heterocycles. The van der Waals surface area contributed by atoms with Gasteiger partial charge in [0.2, 0.25) is 0 Å². The molecule has 362 valence electrons. The van der Waals surface area contributed by atoms with Crippen LogP contribution in [0, 0.1) is 27.7 Å². The molecule has 7 heterocycles. The summed E-state index contributed by atoms with van der Waals surface area (Å²) in [6.45, 7) is 31.3. The van der Waals surface area contributed by atoms with Gasteiger partial charge < -0.3 is 27.9 Å². The van der Waals surface area contributed by atoms with Crippen LogP contribution in [-0.4, -0.2) is 99.5 Å². The molecule has 6 aromatic rings. The van der Waals surface area contributed by atoms with E-state index in [1.165, 1.54) is 20.3 Å². The van der Waals surface area contributed by atoms with Gasteiger partial charge in [-0.1, -0.05) is 35.4 Å². The highest BCUT2D eigenvalue weighted by Crippen LogP contribution is 2.43. The molecule has 3 fully saturated rings. The summed E-state index contributed by atoms with van der Waals surface area (Å²) in [4.78, 5) is 17.4. The van der Waals surface area contributed by atoms with Crippen LogP contribution in [0.25, 0.3) is 22.1 Å². The maximum atomic E-state index is 13.4. The fraction of sp³-hybridized carbons (Fsp3) is 0.478. The van der Waals surface area contributed by atoms with Crippen molar-refractivity contribution in [3.8, 4) is 0 Å². The van der Waals surface area contributed by atoms with Crippen molar-refractivity contribution in [1.29, 1.82) is 0 Å². The van der Waals surface area contributed by atoms with Crippen molar-refractivity contribution in [1.82, 2.24) is 27.9 Å². The first kappa shape index (κ1) is 51.9. The maximum Gasteiger partial charge on any atom is 0.497 e. The molecule has 9 rings (SSSR count). The average Bonchev–Trinajstić information content (AvgIpc) is 3.95. The topological polar surface area (TPSA) is 185 Å². The minimum Gasteiger partial charge on any atom is -0.405 e. The Hall–Kier alpha value is -3.99. The predicted molar refractivity (Wildman–Crippen MR) is 268 cm³/mol. The third kappa shape index (κ3) is 9.61. The summed E-state index contributed by atoms with van der Waals surface area (Å²) in [6.07, 6.45) is 6.28. The molecule has 0 saturated carbocycles. The molecule has 0 N–H and O–H groups in total. The van der Waals surface area contributed by atoms with Crippen molar-refractivity contribution in [3.63, 3.8) is 0 Å². The Morgan fingerprint density at radius 2 is 0.809 bits per heavy atom. The molecule has 0 atom stereocenters. The zero-order chi connectivity index (χ0) is 50.4. The molecule has 0 aliphatic carbocycles. The van der Waals surface area contributed by atoms with Crippen molar-refractivity contribution in [2.75, 3.05) is 0 Å². The molecule has 0 unspecified atom stereocenters. The minimum atomic E-state index is -3.85. The lowest BCUT2D eigenvalue weighted by Crippen LogP contribution is -2.41. The highest BCUT2D eigenvalue weighted by Gasteiger charge is 2.63. The molecular formula is C46H60B3BrN6O10S2. The number of fused-ring (bicyclic) bond motifs is 2. The number of hydrogen-bond donors (Lipinski definition) is 0. The molecule has 3 saturated heterocycles. The first-order valence-corrected chi connectivity index (χ1v) is 25.9. The number of rotatable bonds is 6. The SMILES string of the molecule is CC1(C)OB(B2OC(C)(C)C(C)(C)O2)OC1(C)C.Cc1ccc(S(=O)(=O)n2cc(B3OC(C)(C)C(C)(C)O3)c3cnc(C)nc32)cc1.Cc1ccc(S(=O)(=O)n2cc(Br)c3cnc(C)nc32)cc1. The van der Waals surface area contributed by atoms with E-state index in [1.807, 2.05) is 96.9 Å². The Morgan fingerprint density at radius 3 is 1.19 bits per heavy atom. The van der Waals surface area contributed by atoms with E-state index in [-0.39, 0.29) is 32.2 Å². The maximum absolute atomic E-state index is 13.4. The average molecular weight is 1030 g/mol. The second-order valence-electron chi connectivity index (χ2n) is 20.4. The number of aryl methyl sites for hydroxylation is 4. The van der Waals surface area contributed by atoms with Gasteiger partial charge in [0.25, 0.3) is 20.0 Å². The van der Waals surface area contributed by atoms with Gasteiger partial charge in [0.1, 0.15) is 11.6 Å². The van der Waals surface area contributed by atoms with Crippen molar-refractivity contribution in [3.05, 3.63) is 101 Å². The third-order valence-electron chi connectivity index (χ3n) is 13.7. The lowest BCUT2D eigenvalue weighted by Gasteiger charge is -2.32. The van der Waals surface area contributed by atoms with Crippen molar-refractivity contribution in [2.24, 2.45) is 0 Å². The molecule has 3 aliphatic rings. The summed E-state index contributed by atoms with van der Waals surface area (Å²) in [7, 11) is -9.20. The Balaban J connectivity index is 0.000000156. The normalized spacial score (nSPS) is 20.0. The molecule has 0 radical (unpaired) electrons. The van der Waals surface area contributed by atoms with Crippen LogP contribution >= 0.6 is 15.9 Å².